The van der Waals surface area contributed by atoms with Crippen molar-refractivity contribution in [3.8, 4) is 5.75 Å². The van der Waals surface area contributed by atoms with Gasteiger partial charge in [-0.25, -0.2) is 4.98 Å². The second kappa shape index (κ2) is 10.9. The van der Waals surface area contributed by atoms with Crippen molar-refractivity contribution in [1.82, 2.24) is 14.9 Å². The van der Waals surface area contributed by atoms with Crippen molar-refractivity contribution in [3.63, 3.8) is 0 Å². The van der Waals surface area contributed by atoms with E-state index in [9.17, 15) is 4.79 Å². The van der Waals surface area contributed by atoms with Crippen LogP contribution in [-0.2, 0) is 11.8 Å². The Labute approximate surface area is 154 Å². The Morgan fingerprint density at radius 3 is 2.50 bits per heavy atom. The van der Waals surface area contributed by atoms with Gasteiger partial charge < -0.3 is 20.4 Å². The monoisotopic (exact) mass is 374 g/mol. The van der Waals surface area contributed by atoms with Crippen LogP contribution in [0.1, 0.15) is 30.3 Å². The average molecular weight is 375 g/mol. The molecule has 2 aromatic rings. The number of aryl methyl sites for hydroxylation is 1. The molecule has 0 aliphatic rings. The van der Waals surface area contributed by atoms with Crippen molar-refractivity contribution < 1.29 is 9.53 Å². The molecule has 0 saturated carbocycles. The summed E-state index contributed by atoms with van der Waals surface area (Å²) in [5.74, 6) is 1.53. The van der Waals surface area contributed by atoms with E-state index < -0.39 is 0 Å². The van der Waals surface area contributed by atoms with E-state index in [0.717, 1.165) is 17.1 Å². The summed E-state index contributed by atoms with van der Waals surface area (Å²) < 4.78 is 7.08. The number of methoxy groups -OCH3 is 1. The van der Waals surface area contributed by atoms with Crippen molar-refractivity contribution in [3.05, 3.63) is 48.0 Å². The van der Waals surface area contributed by atoms with Gasteiger partial charge in [-0.1, -0.05) is 12.1 Å². The van der Waals surface area contributed by atoms with Crippen molar-refractivity contribution in [1.29, 1.82) is 0 Å². The molecule has 8 heteroatoms. The van der Waals surface area contributed by atoms with Crippen LogP contribution in [-0.4, -0.2) is 29.1 Å². The molecule has 134 valence electrons. The van der Waals surface area contributed by atoms with Crippen LogP contribution < -0.4 is 15.8 Å². The quantitative estimate of drug-likeness (QED) is 0.778. The number of carbonyl (C=O) groups excluding carboxylic acids is 1. The molecule has 1 aromatic carbocycles. The van der Waals surface area contributed by atoms with Crippen LogP contribution in [0, 0.1) is 0 Å². The summed E-state index contributed by atoms with van der Waals surface area (Å²) in [6.45, 7) is 0.503. The SMILES string of the molecule is COc1ccc(C(NC(=O)CCCN)c2nccn2C)cc1.Cl.Cl. The van der Waals surface area contributed by atoms with Crippen LogP contribution in [0.15, 0.2) is 36.7 Å². The van der Waals surface area contributed by atoms with Crippen LogP contribution in [0.4, 0.5) is 0 Å². The van der Waals surface area contributed by atoms with Crippen LogP contribution in [0.25, 0.3) is 0 Å². The van der Waals surface area contributed by atoms with E-state index in [1.54, 1.807) is 13.3 Å². The number of ether oxygens (including phenoxy) is 1. The maximum absolute atomic E-state index is 12.1. The lowest BCUT2D eigenvalue weighted by Gasteiger charge is -2.19. The lowest BCUT2D eigenvalue weighted by Crippen LogP contribution is -2.31. The molecule has 1 aromatic heterocycles. The fourth-order valence-electron chi connectivity index (χ4n) is 2.24. The number of aromatic nitrogens is 2. The number of amides is 1. The number of hydrogen-bond donors (Lipinski definition) is 2. The van der Waals surface area contributed by atoms with Gasteiger partial charge in [0.25, 0.3) is 0 Å². The maximum atomic E-state index is 12.1. The van der Waals surface area contributed by atoms with E-state index in [0.29, 0.717) is 19.4 Å². The lowest BCUT2D eigenvalue weighted by molar-refractivity contribution is -0.121. The number of halogens is 2. The summed E-state index contributed by atoms with van der Waals surface area (Å²) in [5, 5.41) is 3.03. The number of imidazole rings is 1. The summed E-state index contributed by atoms with van der Waals surface area (Å²) in [6.07, 6.45) is 4.66. The molecule has 0 bridgehead atoms. The number of rotatable bonds is 7. The molecule has 0 radical (unpaired) electrons. The van der Waals surface area contributed by atoms with Gasteiger partial charge in [-0.2, -0.15) is 0 Å². The van der Waals surface area contributed by atoms with Gasteiger partial charge in [-0.15, -0.1) is 24.8 Å². The molecule has 1 heterocycles. The van der Waals surface area contributed by atoms with Gasteiger partial charge in [-0.05, 0) is 30.7 Å². The molecule has 1 atom stereocenters. The van der Waals surface area contributed by atoms with E-state index in [4.69, 9.17) is 10.5 Å². The third-order valence-electron chi connectivity index (χ3n) is 3.48. The zero-order valence-corrected chi connectivity index (χ0v) is 15.4. The molecule has 2 rings (SSSR count). The number of nitrogens with one attached hydrogen (secondary N) is 1. The fraction of sp³-hybridized carbons (Fsp3) is 0.375. The van der Waals surface area contributed by atoms with Gasteiger partial charge in [0.2, 0.25) is 5.91 Å². The Balaban J connectivity index is 0.00000264. The molecular formula is C16H24Cl2N4O2. The molecule has 0 saturated heterocycles. The third kappa shape index (κ3) is 5.70. The number of nitrogens with zero attached hydrogens (tertiary/aromatic N) is 2. The smallest absolute Gasteiger partial charge is 0.220 e. The highest BCUT2D eigenvalue weighted by Gasteiger charge is 2.20. The van der Waals surface area contributed by atoms with Crippen LogP contribution >= 0.6 is 24.8 Å². The summed E-state index contributed by atoms with van der Waals surface area (Å²) in [6, 6.07) is 7.31. The Kier molecular flexibility index (Phi) is 10.1. The first kappa shape index (κ1) is 22.2. The number of nitrogens with two attached hydrogens (primary N) is 1. The molecule has 6 nitrogen and oxygen atoms in total. The molecule has 0 aliphatic carbocycles. The van der Waals surface area contributed by atoms with Crippen molar-refractivity contribution in [2.45, 2.75) is 18.9 Å². The van der Waals surface area contributed by atoms with Gasteiger partial charge in [0.05, 0.1) is 7.11 Å². The van der Waals surface area contributed by atoms with E-state index in [-0.39, 0.29) is 36.8 Å². The minimum atomic E-state index is -0.295. The highest BCUT2D eigenvalue weighted by Crippen LogP contribution is 2.23. The van der Waals surface area contributed by atoms with E-state index in [1.165, 1.54) is 0 Å². The zero-order valence-electron chi connectivity index (χ0n) is 13.8. The Bertz CT molecular complexity index is 617. The van der Waals surface area contributed by atoms with Crippen LogP contribution in [0.3, 0.4) is 0 Å². The summed E-state index contributed by atoms with van der Waals surface area (Å²) in [5.41, 5.74) is 6.41. The highest BCUT2D eigenvalue weighted by atomic mass is 35.5. The molecule has 0 spiro atoms. The normalized spacial score (nSPS) is 11.0. The number of benzene rings is 1. The van der Waals surface area contributed by atoms with E-state index in [1.807, 2.05) is 42.1 Å². The molecule has 3 N–H and O–H groups in total. The molecular weight excluding hydrogens is 351 g/mol. The van der Waals surface area contributed by atoms with Crippen molar-refractivity contribution in [2.75, 3.05) is 13.7 Å². The first-order chi connectivity index (χ1) is 10.7. The van der Waals surface area contributed by atoms with Gasteiger partial charge in [0.15, 0.2) is 0 Å². The van der Waals surface area contributed by atoms with Gasteiger partial charge >= 0.3 is 0 Å². The standard InChI is InChI=1S/C16H22N4O2.2ClH/c1-20-11-10-18-16(20)15(19-14(21)4-3-9-17)12-5-7-13(22-2)8-6-12;;/h5-8,10-11,15H,3-4,9,17H2,1-2H3,(H,19,21);2*1H. The summed E-state index contributed by atoms with van der Waals surface area (Å²) in [4.78, 5) is 16.4. The first-order valence-corrected chi connectivity index (χ1v) is 7.26. The average Bonchev–Trinajstić information content (AvgIpc) is 2.96. The van der Waals surface area contributed by atoms with Gasteiger partial charge in [0.1, 0.15) is 17.6 Å². The summed E-state index contributed by atoms with van der Waals surface area (Å²) >= 11 is 0. The van der Waals surface area contributed by atoms with Crippen molar-refractivity contribution in [2.24, 2.45) is 12.8 Å². The Hall–Kier alpha value is -1.76. The predicted molar refractivity (Wildman–Crippen MR) is 99.0 cm³/mol. The molecule has 1 amide bonds. The second-order valence-electron chi connectivity index (χ2n) is 5.06. The predicted octanol–water partition coefficient (Wildman–Crippen LogP) is 2.22. The van der Waals surface area contributed by atoms with Gasteiger partial charge in [0, 0.05) is 25.9 Å². The minimum absolute atomic E-state index is 0. The van der Waals surface area contributed by atoms with Crippen LogP contribution in [0.5, 0.6) is 5.75 Å². The van der Waals surface area contributed by atoms with Crippen LogP contribution in [0.2, 0.25) is 0 Å². The maximum Gasteiger partial charge on any atom is 0.220 e. The largest absolute Gasteiger partial charge is 0.497 e. The Morgan fingerprint density at radius 2 is 2.00 bits per heavy atom. The number of carbonyl (C=O) groups is 1. The zero-order chi connectivity index (χ0) is 15.9. The van der Waals surface area contributed by atoms with E-state index in [2.05, 4.69) is 10.3 Å². The Morgan fingerprint density at radius 1 is 1.33 bits per heavy atom. The molecule has 0 fully saturated rings. The topological polar surface area (TPSA) is 82.2 Å². The first-order valence-electron chi connectivity index (χ1n) is 7.26. The minimum Gasteiger partial charge on any atom is -0.497 e. The third-order valence-corrected chi connectivity index (χ3v) is 3.48. The number of hydrogen-bond acceptors (Lipinski definition) is 4. The fourth-order valence-corrected chi connectivity index (χ4v) is 2.24. The summed E-state index contributed by atoms with van der Waals surface area (Å²) in [7, 11) is 3.53. The highest BCUT2D eigenvalue weighted by molar-refractivity contribution is 5.85. The van der Waals surface area contributed by atoms with Gasteiger partial charge in [-0.3, -0.25) is 4.79 Å². The molecule has 1 unspecified atom stereocenters. The molecule has 0 aliphatic heterocycles. The van der Waals surface area contributed by atoms with E-state index >= 15 is 0 Å². The second-order valence-corrected chi connectivity index (χ2v) is 5.06. The molecule has 24 heavy (non-hydrogen) atoms. The lowest BCUT2D eigenvalue weighted by atomic mass is 10.1. The van der Waals surface area contributed by atoms with Crippen molar-refractivity contribution >= 4 is 30.7 Å².